The van der Waals surface area contributed by atoms with Crippen molar-refractivity contribution in [2.75, 3.05) is 0 Å². The lowest BCUT2D eigenvalue weighted by molar-refractivity contribution is 0.110. The SMILES string of the molecule is Cn1c(C=O)ccc1-c1ccc(-c2ccc(C=O)n2C)c2ccccc12. The Labute approximate surface area is 151 Å². The number of hydrogen-bond acceptors (Lipinski definition) is 2. The van der Waals surface area contributed by atoms with Gasteiger partial charge in [0.05, 0.1) is 11.4 Å². The van der Waals surface area contributed by atoms with Gasteiger partial charge < -0.3 is 9.13 Å². The normalized spacial score (nSPS) is 11.0. The molecule has 0 saturated heterocycles. The summed E-state index contributed by atoms with van der Waals surface area (Å²) in [7, 11) is 3.80. The highest BCUT2D eigenvalue weighted by Crippen LogP contribution is 2.36. The second-order valence-electron chi connectivity index (χ2n) is 6.35. The predicted molar refractivity (Wildman–Crippen MR) is 104 cm³/mol. The van der Waals surface area contributed by atoms with E-state index in [0.29, 0.717) is 11.4 Å². The van der Waals surface area contributed by atoms with E-state index in [1.54, 1.807) is 0 Å². The number of aromatic nitrogens is 2. The molecule has 4 aromatic rings. The molecule has 0 fully saturated rings. The Morgan fingerprint density at radius 3 is 1.38 bits per heavy atom. The van der Waals surface area contributed by atoms with E-state index in [4.69, 9.17) is 0 Å². The maximum absolute atomic E-state index is 11.2. The number of hydrogen-bond donors (Lipinski definition) is 0. The maximum Gasteiger partial charge on any atom is 0.166 e. The Morgan fingerprint density at radius 2 is 1.04 bits per heavy atom. The van der Waals surface area contributed by atoms with Crippen molar-refractivity contribution >= 4 is 23.3 Å². The van der Waals surface area contributed by atoms with E-state index in [1.807, 2.05) is 59.6 Å². The number of aldehydes is 2. The fourth-order valence-electron chi connectivity index (χ4n) is 3.58. The standard InChI is InChI=1S/C22H18N2O2/c1-23-15(13-25)7-11-21(23)19-9-10-20(18-6-4-3-5-17(18)19)22-12-8-16(14-26)24(22)2/h3-14H,1-2H3. The van der Waals surface area contributed by atoms with E-state index in [0.717, 1.165) is 45.9 Å². The van der Waals surface area contributed by atoms with Gasteiger partial charge in [-0.1, -0.05) is 36.4 Å². The number of carbonyl (C=O) groups is 2. The molecule has 4 rings (SSSR count). The topological polar surface area (TPSA) is 44.0 Å². The molecule has 26 heavy (non-hydrogen) atoms. The van der Waals surface area contributed by atoms with Crippen LogP contribution in [0.25, 0.3) is 33.3 Å². The van der Waals surface area contributed by atoms with Crippen LogP contribution in [0.4, 0.5) is 0 Å². The van der Waals surface area contributed by atoms with Gasteiger partial charge >= 0.3 is 0 Å². The molecular weight excluding hydrogens is 324 g/mol. The Kier molecular flexibility index (Phi) is 3.81. The molecule has 0 amide bonds. The van der Waals surface area contributed by atoms with Gasteiger partial charge in [-0.2, -0.15) is 0 Å². The number of rotatable bonds is 4. The van der Waals surface area contributed by atoms with Gasteiger partial charge in [0.25, 0.3) is 0 Å². The summed E-state index contributed by atoms with van der Waals surface area (Å²) in [5, 5.41) is 2.22. The van der Waals surface area contributed by atoms with Crippen LogP contribution in [-0.2, 0) is 14.1 Å². The number of benzene rings is 2. The highest BCUT2D eigenvalue weighted by molar-refractivity contribution is 6.04. The number of fused-ring (bicyclic) bond motifs is 1. The van der Waals surface area contributed by atoms with E-state index in [-0.39, 0.29) is 0 Å². The zero-order valence-corrected chi connectivity index (χ0v) is 14.6. The van der Waals surface area contributed by atoms with Crippen molar-refractivity contribution in [2.24, 2.45) is 14.1 Å². The first kappa shape index (κ1) is 16.1. The molecule has 2 heterocycles. The molecule has 0 atom stereocenters. The van der Waals surface area contributed by atoms with Gasteiger partial charge in [0.1, 0.15) is 0 Å². The Bertz CT molecular complexity index is 1060. The molecule has 128 valence electrons. The summed E-state index contributed by atoms with van der Waals surface area (Å²) in [4.78, 5) is 22.4. The molecule has 0 aliphatic carbocycles. The van der Waals surface area contributed by atoms with Crippen LogP contribution in [0, 0.1) is 0 Å². The minimum absolute atomic E-state index is 0.645. The van der Waals surface area contributed by atoms with Gasteiger partial charge in [-0.3, -0.25) is 9.59 Å². The van der Waals surface area contributed by atoms with Crippen molar-refractivity contribution in [3.63, 3.8) is 0 Å². The Balaban J connectivity index is 1.99. The third-order valence-electron chi connectivity index (χ3n) is 5.04. The molecule has 0 saturated carbocycles. The van der Waals surface area contributed by atoms with Crippen LogP contribution in [0.1, 0.15) is 21.0 Å². The van der Waals surface area contributed by atoms with Crippen LogP contribution in [-0.4, -0.2) is 21.7 Å². The van der Waals surface area contributed by atoms with Crippen molar-refractivity contribution in [2.45, 2.75) is 0 Å². The summed E-state index contributed by atoms with van der Waals surface area (Å²) in [6.45, 7) is 0. The lowest BCUT2D eigenvalue weighted by Crippen LogP contribution is -1.99. The van der Waals surface area contributed by atoms with E-state index in [2.05, 4.69) is 24.3 Å². The summed E-state index contributed by atoms with van der Waals surface area (Å²) in [6.07, 6.45) is 1.73. The van der Waals surface area contributed by atoms with Crippen molar-refractivity contribution in [3.8, 4) is 22.5 Å². The zero-order valence-electron chi connectivity index (χ0n) is 14.6. The van der Waals surface area contributed by atoms with Crippen LogP contribution in [0.15, 0.2) is 60.7 Å². The lowest BCUT2D eigenvalue weighted by atomic mass is 9.96. The second kappa shape index (κ2) is 6.15. The minimum atomic E-state index is 0.645. The summed E-state index contributed by atoms with van der Waals surface area (Å²) < 4.78 is 3.81. The van der Waals surface area contributed by atoms with Gasteiger partial charge in [0.15, 0.2) is 12.6 Å². The van der Waals surface area contributed by atoms with Crippen molar-refractivity contribution < 1.29 is 9.59 Å². The van der Waals surface area contributed by atoms with Gasteiger partial charge in [-0.15, -0.1) is 0 Å². The fourth-order valence-corrected chi connectivity index (χ4v) is 3.58. The molecular formula is C22H18N2O2. The molecule has 2 aromatic heterocycles. The summed E-state index contributed by atoms with van der Waals surface area (Å²) in [5.41, 5.74) is 5.43. The van der Waals surface area contributed by atoms with Crippen LogP contribution >= 0.6 is 0 Å². The maximum atomic E-state index is 11.2. The van der Waals surface area contributed by atoms with Gasteiger partial charge in [-0.25, -0.2) is 0 Å². The average Bonchev–Trinajstić information content (AvgIpc) is 3.23. The molecule has 2 aromatic carbocycles. The van der Waals surface area contributed by atoms with Crippen molar-refractivity contribution in [1.82, 2.24) is 9.13 Å². The van der Waals surface area contributed by atoms with Gasteiger partial charge in [0, 0.05) is 36.6 Å². The summed E-state index contributed by atoms with van der Waals surface area (Å²) in [5.74, 6) is 0. The van der Waals surface area contributed by atoms with Crippen LogP contribution in [0.5, 0.6) is 0 Å². The van der Waals surface area contributed by atoms with E-state index < -0.39 is 0 Å². The first-order valence-corrected chi connectivity index (χ1v) is 8.40. The van der Waals surface area contributed by atoms with Crippen LogP contribution in [0.2, 0.25) is 0 Å². The van der Waals surface area contributed by atoms with Gasteiger partial charge in [-0.05, 0) is 35.0 Å². The molecule has 0 bridgehead atoms. The molecule has 4 nitrogen and oxygen atoms in total. The predicted octanol–water partition coefficient (Wildman–Crippen LogP) is 4.48. The number of carbonyl (C=O) groups excluding carboxylic acids is 2. The van der Waals surface area contributed by atoms with E-state index in [1.165, 1.54) is 0 Å². The molecule has 0 unspecified atom stereocenters. The largest absolute Gasteiger partial charge is 0.341 e. The Hall–Kier alpha value is -3.40. The summed E-state index contributed by atoms with van der Waals surface area (Å²) in [6, 6.07) is 20.0. The third-order valence-corrected chi connectivity index (χ3v) is 5.04. The Morgan fingerprint density at radius 1 is 0.615 bits per heavy atom. The van der Waals surface area contributed by atoms with Crippen LogP contribution in [0.3, 0.4) is 0 Å². The molecule has 0 aliphatic rings. The number of nitrogens with zero attached hydrogens (tertiary/aromatic N) is 2. The first-order chi connectivity index (χ1) is 12.7. The van der Waals surface area contributed by atoms with Gasteiger partial charge in [0.2, 0.25) is 0 Å². The second-order valence-corrected chi connectivity index (χ2v) is 6.35. The monoisotopic (exact) mass is 342 g/mol. The van der Waals surface area contributed by atoms with E-state index in [9.17, 15) is 9.59 Å². The smallest absolute Gasteiger partial charge is 0.166 e. The first-order valence-electron chi connectivity index (χ1n) is 8.40. The fraction of sp³-hybridized carbons (Fsp3) is 0.0909. The molecule has 0 spiro atoms. The average molecular weight is 342 g/mol. The van der Waals surface area contributed by atoms with Crippen molar-refractivity contribution in [1.29, 1.82) is 0 Å². The quantitative estimate of drug-likeness (QED) is 0.513. The van der Waals surface area contributed by atoms with Crippen molar-refractivity contribution in [3.05, 3.63) is 72.1 Å². The lowest BCUT2D eigenvalue weighted by Gasteiger charge is -2.14. The summed E-state index contributed by atoms with van der Waals surface area (Å²) >= 11 is 0. The third kappa shape index (κ3) is 2.30. The van der Waals surface area contributed by atoms with Crippen LogP contribution < -0.4 is 0 Å². The van der Waals surface area contributed by atoms with E-state index >= 15 is 0 Å². The zero-order chi connectivity index (χ0) is 18.3. The molecule has 0 aliphatic heterocycles. The minimum Gasteiger partial charge on any atom is -0.341 e. The molecule has 0 radical (unpaired) electrons. The molecule has 0 N–H and O–H groups in total. The highest BCUT2D eigenvalue weighted by atomic mass is 16.1. The highest BCUT2D eigenvalue weighted by Gasteiger charge is 2.14. The molecule has 4 heteroatoms.